The second kappa shape index (κ2) is 6.80. The number of sulfonamides is 1. The number of rotatable bonds is 4. The number of hydrogen-bond donors (Lipinski definition) is 1. The Morgan fingerprint density at radius 2 is 1.70 bits per heavy atom. The van der Waals surface area contributed by atoms with Crippen molar-refractivity contribution in [1.29, 1.82) is 0 Å². The number of hydrogen-bond acceptors (Lipinski definition) is 2. The Kier molecular flexibility index (Phi) is 5.40. The minimum absolute atomic E-state index is 0.0192. The van der Waals surface area contributed by atoms with Crippen molar-refractivity contribution < 1.29 is 21.6 Å². The van der Waals surface area contributed by atoms with Crippen molar-refractivity contribution in [3.63, 3.8) is 0 Å². The van der Waals surface area contributed by atoms with Crippen molar-refractivity contribution in [3.05, 3.63) is 63.1 Å². The molecule has 23 heavy (non-hydrogen) atoms. The van der Waals surface area contributed by atoms with Gasteiger partial charge in [-0.25, -0.2) is 13.1 Å². The quantitative estimate of drug-likeness (QED) is 0.774. The number of alkyl halides is 3. The third-order valence-corrected chi connectivity index (χ3v) is 5.20. The Labute approximate surface area is 144 Å². The molecule has 0 aliphatic carbocycles. The fourth-order valence-electron chi connectivity index (χ4n) is 1.78. The topological polar surface area (TPSA) is 46.2 Å². The van der Waals surface area contributed by atoms with Gasteiger partial charge in [0.15, 0.2) is 0 Å². The summed E-state index contributed by atoms with van der Waals surface area (Å²) in [4.78, 5) is 0.0192. The van der Waals surface area contributed by atoms with E-state index in [1.165, 1.54) is 18.2 Å². The summed E-state index contributed by atoms with van der Waals surface area (Å²) in [6.07, 6.45) is -4.60. The maximum Gasteiger partial charge on any atom is 0.417 e. The summed E-state index contributed by atoms with van der Waals surface area (Å²) >= 11 is 8.71. The average Bonchev–Trinajstić information content (AvgIpc) is 2.45. The van der Waals surface area contributed by atoms with Crippen LogP contribution in [0.1, 0.15) is 11.1 Å². The van der Waals surface area contributed by atoms with Crippen molar-refractivity contribution in [2.45, 2.75) is 17.6 Å². The van der Waals surface area contributed by atoms with Crippen LogP contribution in [-0.4, -0.2) is 8.42 Å². The van der Waals surface area contributed by atoms with Gasteiger partial charge in [0.1, 0.15) is 0 Å². The van der Waals surface area contributed by atoms with Gasteiger partial charge in [-0.05, 0) is 42.0 Å². The zero-order chi connectivity index (χ0) is 17.3. The lowest BCUT2D eigenvalue weighted by Crippen LogP contribution is -2.23. The fraction of sp³-hybridized carbons (Fsp3) is 0.143. The molecular formula is C14H10BrClF3NO2S. The molecule has 0 saturated heterocycles. The highest BCUT2D eigenvalue weighted by Gasteiger charge is 2.33. The van der Waals surface area contributed by atoms with E-state index in [2.05, 4.69) is 20.7 Å². The minimum Gasteiger partial charge on any atom is -0.207 e. The molecule has 0 radical (unpaired) electrons. The van der Waals surface area contributed by atoms with Crippen molar-refractivity contribution in [3.8, 4) is 0 Å². The van der Waals surface area contributed by atoms with E-state index < -0.39 is 26.8 Å². The summed E-state index contributed by atoms with van der Waals surface area (Å²) in [5.41, 5.74) is -0.845. The molecule has 2 rings (SSSR count). The second-order valence-corrected chi connectivity index (χ2v) is 7.68. The maximum absolute atomic E-state index is 12.8. The van der Waals surface area contributed by atoms with Crippen LogP contribution in [0, 0.1) is 0 Å². The average molecular weight is 429 g/mol. The van der Waals surface area contributed by atoms with E-state index >= 15 is 0 Å². The van der Waals surface area contributed by atoms with Gasteiger partial charge in [-0.1, -0.05) is 33.6 Å². The maximum atomic E-state index is 12.8. The van der Waals surface area contributed by atoms with Gasteiger partial charge in [-0.3, -0.25) is 0 Å². The fourth-order valence-corrected chi connectivity index (χ4v) is 3.28. The van der Waals surface area contributed by atoms with E-state index in [0.717, 1.165) is 12.1 Å². The van der Waals surface area contributed by atoms with Crippen LogP contribution in [0.3, 0.4) is 0 Å². The van der Waals surface area contributed by atoms with Gasteiger partial charge in [0.2, 0.25) is 10.0 Å². The van der Waals surface area contributed by atoms with Crippen LogP contribution in [0.15, 0.2) is 51.8 Å². The van der Waals surface area contributed by atoms with Crippen LogP contribution in [-0.2, 0) is 22.7 Å². The molecule has 9 heteroatoms. The Balaban J connectivity index is 2.19. The molecule has 124 valence electrons. The molecule has 1 N–H and O–H groups in total. The molecular weight excluding hydrogens is 419 g/mol. The third kappa shape index (κ3) is 4.69. The van der Waals surface area contributed by atoms with Gasteiger partial charge < -0.3 is 0 Å². The minimum atomic E-state index is -4.60. The third-order valence-electron chi connectivity index (χ3n) is 2.93. The first kappa shape index (κ1) is 18.3. The van der Waals surface area contributed by atoms with Crippen LogP contribution in [0.4, 0.5) is 13.2 Å². The van der Waals surface area contributed by atoms with Gasteiger partial charge in [0, 0.05) is 11.0 Å². The van der Waals surface area contributed by atoms with E-state index in [1.54, 1.807) is 12.1 Å². The van der Waals surface area contributed by atoms with E-state index in [1.807, 2.05) is 0 Å². The van der Waals surface area contributed by atoms with Gasteiger partial charge in [-0.2, -0.15) is 13.2 Å². The van der Waals surface area contributed by atoms with Gasteiger partial charge >= 0.3 is 6.18 Å². The zero-order valence-electron chi connectivity index (χ0n) is 11.4. The van der Waals surface area contributed by atoms with E-state index in [0.29, 0.717) is 4.47 Å². The molecule has 2 aromatic rings. The SMILES string of the molecule is O=S(=O)(NCc1ccc(Cl)c(C(F)(F)F)c1)c1ccc(Br)cc1. The molecule has 3 nitrogen and oxygen atoms in total. The Hall–Kier alpha value is -1.09. The largest absolute Gasteiger partial charge is 0.417 e. The molecule has 0 aliphatic heterocycles. The van der Waals surface area contributed by atoms with E-state index in [4.69, 9.17) is 11.6 Å². The van der Waals surface area contributed by atoms with E-state index in [9.17, 15) is 21.6 Å². The summed E-state index contributed by atoms with van der Waals surface area (Å²) in [7, 11) is -3.82. The van der Waals surface area contributed by atoms with Gasteiger partial charge in [-0.15, -0.1) is 0 Å². The molecule has 2 aromatic carbocycles. The Morgan fingerprint density at radius 3 is 2.26 bits per heavy atom. The molecule has 0 atom stereocenters. The van der Waals surface area contributed by atoms with Gasteiger partial charge in [0.05, 0.1) is 15.5 Å². The van der Waals surface area contributed by atoms with Crippen LogP contribution in [0.2, 0.25) is 5.02 Å². The normalized spacial score (nSPS) is 12.4. The zero-order valence-corrected chi connectivity index (χ0v) is 14.5. The lowest BCUT2D eigenvalue weighted by molar-refractivity contribution is -0.137. The molecule has 0 spiro atoms. The Bertz CT molecular complexity index is 808. The van der Waals surface area contributed by atoms with Crippen molar-refractivity contribution in [1.82, 2.24) is 4.72 Å². The monoisotopic (exact) mass is 427 g/mol. The predicted octanol–water partition coefficient (Wildman–Crippen LogP) is 4.60. The van der Waals surface area contributed by atoms with Crippen LogP contribution >= 0.6 is 27.5 Å². The molecule has 0 heterocycles. The Morgan fingerprint density at radius 1 is 1.09 bits per heavy atom. The van der Waals surface area contributed by atoms with Gasteiger partial charge in [0.25, 0.3) is 0 Å². The molecule has 0 saturated carbocycles. The van der Waals surface area contributed by atoms with Crippen molar-refractivity contribution >= 4 is 37.6 Å². The summed E-state index contributed by atoms with van der Waals surface area (Å²) in [6, 6.07) is 9.13. The number of halogens is 5. The smallest absolute Gasteiger partial charge is 0.207 e. The first-order chi connectivity index (χ1) is 10.6. The molecule has 0 bridgehead atoms. The molecule has 0 unspecified atom stereocenters. The van der Waals surface area contributed by atoms with Crippen LogP contribution in [0.25, 0.3) is 0 Å². The molecule has 0 aromatic heterocycles. The predicted molar refractivity (Wildman–Crippen MR) is 84.6 cm³/mol. The summed E-state index contributed by atoms with van der Waals surface area (Å²) in [6.45, 7) is -0.279. The van der Waals surface area contributed by atoms with Crippen LogP contribution < -0.4 is 4.72 Å². The highest BCUT2D eigenvalue weighted by Crippen LogP contribution is 2.35. The van der Waals surface area contributed by atoms with E-state index in [-0.39, 0.29) is 17.0 Å². The van der Waals surface area contributed by atoms with Crippen LogP contribution in [0.5, 0.6) is 0 Å². The highest BCUT2D eigenvalue weighted by atomic mass is 79.9. The first-order valence-electron chi connectivity index (χ1n) is 6.20. The second-order valence-electron chi connectivity index (χ2n) is 4.59. The lowest BCUT2D eigenvalue weighted by atomic mass is 10.1. The highest BCUT2D eigenvalue weighted by molar-refractivity contribution is 9.10. The standard InChI is InChI=1S/C14H10BrClF3NO2S/c15-10-2-4-11(5-3-10)23(21,22)20-8-9-1-6-13(16)12(7-9)14(17,18)19/h1-7,20H,8H2. The van der Waals surface area contributed by atoms with Crippen molar-refractivity contribution in [2.75, 3.05) is 0 Å². The number of nitrogens with one attached hydrogen (secondary N) is 1. The molecule has 0 amide bonds. The summed E-state index contributed by atoms with van der Waals surface area (Å²) in [5.74, 6) is 0. The lowest BCUT2D eigenvalue weighted by Gasteiger charge is -2.12. The summed E-state index contributed by atoms with van der Waals surface area (Å²) < 4.78 is 65.5. The summed E-state index contributed by atoms with van der Waals surface area (Å²) in [5, 5.41) is -0.433. The first-order valence-corrected chi connectivity index (χ1v) is 8.86. The molecule has 0 fully saturated rings. The molecule has 0 aliphatic rings. The van der Waals surface area contributed by atoms with Crippen molar-refractivity contribution in [2.24, 2.45) is 0 Å². The number of benzene rings is 2.